The molecule has 2 heterocycles. The number of nitriles is 1. The second-order valence-electron chi connectivity index (χ2n) is 6.42. The molecule has 0 aliphatic carbocycles. The van der Waals surface area contributed by atoms with Crippen molar-refractivity contribution in [2.45, 2.75) is 32.1 Å². The normalized spacial score (nSPS) is 19.5. The van der Waals surface area contributed by atoms with Gasteiger partial charge in [-0.2, -0.15) is 5.26 Å². The van der Waals surface area contributed by atoms with Crippen molar-refractivity contribution in [2.75, 3.05) is 31.1 Å². The lowest BCUT2D eigenvalue weighted by Gasteiger charge is -2.36. The molecule has 2 aliphatic heterocycles. The van der Waals surface area contributed by atoms with Crippen LogP contribution in [0.15, 0.2) is 18.2 Å². The van der Waals surface area contributed by atoms with E-state index in [0.717, 1.165) is 57.5 Å². The van der Waals surface area contributed by atoms with Gasteiger partial charge in [0.05, 0.1) is 11.3 Å². The maximum Gasteiger partial charge on any atom is 0.225 e. The molecule has 2 aliphatic rings. The first-order valence-electron chi connectivity index (χ1n) is 8.42. The summed E-state index contributed by atoms with van der Waals surface area (Å²) < 4.78 is 0. The minimum absolute atomic E-state index is 0.141. The molecule has 0 bridgehead atoms. The number of nitrogens with zero attached hydrogens (tertiary/aromatic N) is 3. The molecule has 2 saturated heterocycles. The number of carbonyl (C=O) groups is 1. The Balaban J connectivity index is 1.62. The maximum absolute atomic E-state index is 12.6. The Bertz CT molecular complexity index is 611. The van der Waals surface area contributed by atoms with Crippen LogP contribution in [0.1, 0.15) is 37.7 Å². The molecule has 1 amide bonds. The molecule has 1 aromatic rings. The van der Waals surface area contributed by atoms with Gasteiger partial charge in [0.1, 0.15) is 6.07 Å². The number of halogens is 1. The Kier molecular flexibility index (Phi) is 5.07. The summed E-state index contributed by atoms with van der Waals surface area (Å²) in [4.78, 5) is 16.9. The van der Waals surface area contributed by atoms with E-state index >= 15 is 0 Å². The zero-order valence-corrected chi connectivity index (χ0v) is 14.1. The second-order valence-corrected chi connectivity index (χ2v) is 6.86. The number of carbonyl (C=O) groups excluding carboxylic acids is 1. The van der Waals surface area contributed by atoms with Gasteiger partial charge in [-0.1, -0.05) is 11.6 Å². The van der Waals surface area contributed by atoms with E-state index in [2.05, 4.69) is 11.0 Å². The first-order valence-corrected chi connectivity index (χ1v) is 8.80. The van der Waals surface area contributed by atoms with Crippen molar-refractivity contribution in [3.8, 4) is 6.07 Å². The standard InChI is InChI=1S/C18H22ClN3O/c19-16-4-5-17(15(12-16)13-20)21-10-6-14(7-11-21)18(23)22-8-2-1-3-9-22/h4-5,12,14H,1-3,6-11H2. The molecule has 3 rings (SSSR count). The quantitative estimate of drug-likeness (QED) is 0.834. The lowest BCUT2D eigenvalue weighted by atomic mass is 9.93. The van der Waals surface area contributed by atoms with E-state index in [4.69, 9.17) is 11.6 Å². The summed E-state index contributed by atoms with van der Waals surface area (Å²) in [5.74, 6) is 0.475. The second kappa shape index (κ2) is 7.23. The van der Waals surface area contributed by atoms with Crippen LogP contribution in [-0.2, 0) is 4.79 Å². The van der Waals surface area contributed by atoms with Gasteiger partial charge in [-0.3, -0.25) is 4.79 Å². The minimum Gasteiger partial charge on any atom is -0.370 e. The van der Waals surface area contributed by atoms with E-state index < -0.39 is 0 Å². The van der Waals surface area contributed by atoms with Crippen LogP contribution in [0.4, 0.5) is 5.69 Å². The smallest absolute Gasteiger partial charge is 0.225 e. The predicted molar refractivity (Wildman–Crippen MR) is 91.5 cm³/mol. The highest BCUT2D eigenvalue weighted by molar-refractivity contribution is 6.30. The van der Waals surface area contributed by atoms with Crippen LogP contribution >= 0.6 is 11.6 Å². The third-order valence-corrected chi connectivity index (χ3v) is 5.17. The zero-order valence-electron chi connectivity index (χ0n) is 13.3. The highest BCUT2D eigenvalue weighted by Crippen LogP contribution is 2.29. The molecule has 0 saturated carbocycles. The molecule has 0 spiro atoms. The number of hydrogen-bond donors (Lipinski definition) is 0. The number of anilines is 1. The maximum atomic E-state index is 12.6. The van der Waals surface area contributed by atoms with Crippen LogP contribution in [0.5, 0.6) is 0 Å². The lowest BCUT2D eigenvalue weighted by Crippen LogP contribution is -2.44. The van der Waals surface area contributed by atoms with Gasteiger partial charge in [-0.05, 0) is 50.3 Å². The van der Waals surface area contributed by atoms with Crippen LogP contribution < -0.4 is 4.90 Å². The fourth-order valence-electron chi connectivity index (χ4n) is 3.61. The molecule has 1 aromatic carbocycles. The highest BCUT2D eigenvalue weighted by atomic mass is 35.5. The van der Waals surface area contributed by atoms with Gasteiger partial charge in [-0.25, -0.2) is 0 Å². The summed E-state index contributed by atoms with van der Waals surface area (Å²) in [5.41, 5.74) is 1.54. The summed E-state index contributed by atoms with van der Waals surface area (Å²) in [6.45, 7) is 3.49. The molecule has 0 atom stereocenters. The topological polar surface area (TPSA) is 47.3 Å². The summed E-state index contributed by atoms with van der Waals surface area (Å²) in [5, 5.41) is 9.87. The Morgan fingerprint density at radius 1 is 1.13 bits per heavy atom. The van der Waals surface area contributed by atoms with E-state index in [9.17, 15) is 10.1 Å². The zero-order chi connectivity index (χ0) is 16.2. The molecule has 0 unspecified atom stereocenters. The van der Waals surface area contributed by atoms with E-state index in [1.807, 2.05) is 17.0 Å². The van der Waals surface area contributed by atoms with Crippen LogP contribution in [0.25, 0.3) is 0 Å². The van der Waals surface area contributed by atoms with Crippen molar-refractivity contribution < 1.29 is 4.79 Å². The van der Waals surface area contributed by atoms with Gasteiger partial charge in [0, 0.05) is 37.1 Å². The van der Waals surface area contributed by atoms with Crippen molar-refractivity contribution in [1.82, 2.24) is 4.90 Å². The molecule has 0 aromatic heterocycles. The van der Waals surface area contributed by atoms with E-state index in [0.29, 0.717) is 16.5 Å². The number of hydrogen-bond acceptors (Lipinski definition) is 3. The largest absolute Gasteiger partial charge is 0.370 e. The van der Waals surface area contributed by atoms with Gasteiger partial charge < -0.3 is 9.80 Å². The number of likely N-dealkylation sites (tertiary alicyclic amines) is 1. The number of benzene rings is 1. The molecular weight excluding hydrogens is 310 g/mol. The van der Waals surface area contributed by atoms with Crippen molar-refractivity contribution >= 4 is 23.2 Å². The number of rotatable bonds is 2. The van der Waals surface area contributed by atoms with Gasteiger partial charge in [0.15, 0.2) is 0 Å². The molecule has 4 nitrogen and oxygen atoms in total. The fraction of sp³-hybridized carbons (Fsp3) is 0.556. The highest BCUT2D eigenvalue weighted by Gasteiger charge is 2.29. The molecule has 122 valence electrons. The summed E-state index contributed by atoms with van der Waals surface area (Å²) in [6, 6.07) is 7.66. The fourth-order valence-corrected chi connectivity index (χ4v) is 3.79. The van der Waals surface area contributed by atoms with E-state index in [1.54, 1.807) is 6.07 Å². The SMILES string of the molecule is N#Cc1cc(Cl)ccc1N1CCC(C(=O)N2CCCCC2)CC1. The average Bonchev–Trinajstić information content (AvgIpc) is 2.62. The van der Waals surface area contributed by atoms with Crippen molar-refractivity contribution in [2.24, 2.45) is 5.92 Å². The number of piperidine rings is 2. The predicted octanol–water partition coefficient (Wildman–Crippen LogP) is 3.44. The van der Waals surface area contributed by atoms with E-state index in [1.165, 1.54) is 6.42 Å². The van der Waals surface area contributed by atoms with Crippen LogP contribution in [0, 0.1) is 17.2 Å². The first kappa shape index (κ1) is 16.1. The van der Waals surface area contributed by atoms with Crippen molar-refractivity contribution in [3.63, 3.8) is 0 Å². The van der Waals surface area contributed by atoms with Gasteiger partial charge in [-0.15, -0.1) is 0 Å². The Labute approximate surface area is 142 Å². The summed E-state index contributed by atoms with van der Waals surface area (Å²) >= 11 is 5.97. The van der Waals surface area contributed by atoms with Gasteiger partial charge in [0.2, 0.25) is 5.91 Å². The molecule has 5 heteroatoms. The van der Waals surface area contributed by atoms with Crippen LogP contribution in [0.3, 0.4) is 0 Å². The van der Waals surface area contributed by atoms with Gasteiger partial charge >= 0.3 is 0 Å². The number of amides is 1. The Hall–Kier alpha value is -1.73. The first-order chi connectivity index (χ1) is 11.2. The minimum atomic E-state index is 0.141. The third kappa shape index (κ3) is 3.61. The molecule has 0 N–H and O–H groups in total. The monoisotopic (exact) mass is 331 g/mol. The summed E-state index contributed by atoms with van der Waals surface area (Å²) in [6.07, 6.45) is 5.25. The van der Waals surface area contributed by atoms with Crippen molar-refractivity contribution in [3.05, 3.63) is 28.8 Å². The average molecular weight is 332 g/mol. The summed E-state index contributed by atoms with van der Waals surface area (Å²) in [7, 11) is 0. The lowest BCUT2D eigenvalue weighted by molar-refractivity contribution is -0.137. The Morgan fingerprint density at radius 2 is 1.83 bits per heavy atom. The molecule has 2 fully saturated rings. The van der Waals surface area contributed by atoms with Crippen molar-refractivity contribution in [1.29, 1.82) is 5.26 Å². The molecule has 23 heavy (non-hydrogen) atoms. The molecule has 0 radical (unpaired) electrons. The van der Waals surface area contributed by atoms with Crippen LogP contribution in [0.2, 0.25) is 5.02 Å². The van der Waals surface area contributed by atoms with Gasteiger partial charge in [0.25, 0.3) is 0 Å². The molecular formula is C18H22ClN3O. The third-order valence-electron chi connectivity index (χ3n) is 4.93. The Morgan fingerprint density at radius 3 is 2.48 bits per heavy atom. The van der Waals surface area contributed by atoms with E-state index in [-0.39, 0.29) is 5.92 Å². The van der Waals surface area contributed by atoms with Crippen LogP contribution in [-0.4, -0.2) is 37.0 Å².